The smallest absolute Gasteiger partial charge is 0.243 e. The standard InChI is InChI=1S/C19H26N2O4S/c22-19(13-16-12-14-1-2-15(16)11-14)20-17-3-5-18(6-4-17)26(23,24)21-7-9-25-10-8-21/h3-6,14-16H,1-2,7-13H2,(H,20,22)/t14-,15-,16-/m0/s1. The number of rotatable bonds is 5. The molecule has 0 aromatic heterocycles. The highest BCUT2D eigenvalue weighted by atomic mass is 32.2. The Hall–Kier alpha value is -1.44. The van der Waals surface area contributed by atoms with Gasteiger partial charge in [-0.3, -0.25) is 4.79 Å². The summed E-state index contributed by atoms with van der Waals surface area (Å²) in [5.74, 6) is 2.12. The largest absolute Gasteiger partial charge is 0.379 e. The lowest BCUT2D eigenvalue weighted by molar-refractivity contribution is -0.117. The number of nitrogens with one attached hydrogen (secondary N) is 1. The number of sulfonamides is 1. The quantitative estimate of drug-likeness (QED) is 0.854. The Balaban J connectivity index is 1.36. The number of nitrogens with zero attached hydrogens (tertiary/aromatic N) is 1. The minimum atomic E-state index is -3.49. The number of anilines is 1. The van der Waals surface area contributed by atoms with E-state index < -0.39 is 10.0 Å². The van der Waals surface area contributed by atoms with E-state index in [1.807, 2.05) is 0 Å². The first-order valence-corrected chi connectivity index (χ1v) is 10.9. The maximum absolute atomic E-state index is 12.6. The number of ether oxygens (including phenoxy) is 1. The van der Waals surface area contributed by atoms with E-state index in [1.54, 1.807) is 24.3 Å². The van der Waals surface area contributed by atoms with Crippen molar-refractivity contribution < 1.29 is 17.9 Å². The van der Waals surface area contributed by atoms with E-state index in [0.717, 1.165) is 11.8 Å². The molecule has 4 rings (SSSR count). The molecule has 3 fully saturated rings. The van der Waals surface area contributed by atoms with Crippen LogP contribution in [0.15, 0.2) is 29.2 Å². The summed E-state index contributed by atoms with van der Waals surface area (Å²) >= 11 is 0. The van der Waals surface area contributed by atoms with Crippen molar-refractivity contribution in [3.05, 3.63) is 24.3 Å². The lowest BCUT2D eigenvalue weighted by Crippen LogP contribution is -2.40. The van der Waals surface area contributed by atoms with Crippen LogP contribution in [0.1, 0.15) is 32.1 Å². The maximum atomic E-state index is 12.6. The van der Waals surface area contributed by atoms with E-state index in [4.69, 9.17) is 4.74 Å². The zero-order chi connectivity index (χ0) is 18.1. The zero-order valence-electron chi connectivity index (χ0n) is 14.9. The van der Waals surface area contributed by atoms with Crippen LogP contribution < -0.4 is 5.32 Å². The second-order valence-corrected chi connectivity index (χ2v) is 9.67. The Morgan fingerprint density at radius 1 is 1.12 bits per heavy atom. The van der Waals surface area contributed by atoms with Crippen molar-refractivity contribution in [2.75, 3.05) is 31.6 Å². The molecule has 0 unspecified atom stereocenters. The summed E-state index contributed by atoms with van der Waals surface area (Å²) < 4.78 is 31.9. The fourth-order valence-corrected chi connectivity index (χ4v) is 6.13. The third-order valence-electron chi connectivity index (χ3n) is 6.08. The molecule has 6 nitrogen and oxygen atoms in total. The number of hydrogen-bond donors (Lipinski definition) is 1. The Morgan fingerprint density at radius 2 is 1.85 bits per heavy atom. The molecule has 26 heavy (non-hydrogen) atoms. The Bertz CT molecular complexity index is 756. The van der Waals surface area contributed by atoms with Crippen LogP contribution in [0.4, 0.5) is 5.69 Å². The molecule has 2 bridgehead atoms. The number of hydrogen-bond acceptors (Lipinski definition) is 4. The van der Waals surface area contributed by atoms with Crippen molar-refractivity contribution in [2.45, 2.75) is 37.0 Å². The second-order valence-electron chi connectivity index (χ2n) is 7.73. The molecule has 2 aliphatic carbocycles. The maximum Gasteiger partial charge on any atom is 0.243 e. The summed E-state index contributed by atoms with van der Waals surface area (Å²) in [6.07, 6.45) is 5.68. The van der Waals surface area contributed by atoms with Gasteiger partial charge in [-0.25, -0.2) is 8.42 Å². The predicted octanol–water partition coefficient (Wildman–Crippen LogP) is 2.47. The van der Waals surface area contributed by atoms with Gasteiger partial charge in [0.1, 0.15) is 0 Å². The average Bonchev–Trinajstić information content (AvgIpc) is 3.26. The summed E-state index contributed by atoms with van der Waals surface area (Å²) in [6.45, 7) is 1.61. The first-order chi connectivity index (χ1) is 12.5. The van der Waals surface area contributed by atoms with E-state index in [1.165, 1.54) is 30.0 Å². The van der Waals surface area contributed by atoms with Crippen LogP contribution in [0, 0.1) is 17.8 Å². The van der Waals surface area contributed by atoms with Crippen LogP contribution in [0.5, 0.6) is 0 Å². The van der Waals surface area contributed by atoms with Gasteiger partial charge in [0.25, 0.3) is 0 Å². The molecule has 1 N–H and O–H groups in total. The molecular weight excluding hydrogens is 352 g/mol. The van der Waals surface area contributed by atoms with E-state index in [-0.39, 0.29) is 10.8 Å². The number of fused-ring (bicyclic) bond motifs is 2. The average molecular weight is 378 g/mol. The zero-order valence-corrected chi connectivity index (χ0v) is 15.7. The first kappa shape index (κ1) is 17.9. The van der Waals surface area contributed by atoms with E-state index >= 15 is 0 Å². The molecule has 1 amide bonds. The Labute approximate surface area is 155 Å². The van der Waals surface area contributed by atoms with E-state index in [2.05, 4.69) is 5.32 Å². The number of amides is 1. The van der Waals surface area contributed by atoms with Gasteiger partial charge < -0.3 is 10.1 Å². The van der Waals surface area contributed by atoms with Gasteiger partial charge in [0.2, 0.25) is 15.9 Å². The highest BCUT2D eigenvalue weighted by molar-refractivity contribution is 7.89. The highest BCUT2D eigenvalue weighted by Crippen LogP contribution is 2.49. The van der Waals surface area contributed by atoms with Crippen molar-refractivity contribution >= 4 is 21.6 Å². The number of benzene rings is 1. The molecule has 1 aromatic rings. The Morgan fingerprint density at radius 3 is 2.46 bits per heavy atom. The molecule has 0 radical (unpaired) electrons. The summed E-state index contributed by atoms with van der Waals surface area (Å²) in [6, 6.07) is 6.48. The first-order valence-electron chi connectivity index (χ1n) is 9.50. The second kappa shape index (κ2) is 7.29. The molecule has 1 heterocycles. The van der Waals surface area contributed by atoms with Crippen molar-refractivity contribution in [1.29, 1.82) is 0 Å². The van der Waals surface area contributed by atoms with Crippen LogP contribution in [-0.2, 0) is 19.6 Å². The summed E-state index contributed by atoms with van der Waals surface area (Å²) in [4.78, 5) is 12.6. The van der Waals surface area contributed by atoms with Crippen LogP contribution in [-0.4, -0.2) is 44.9 Å². The fraction of sp³-hybridized carbons (Fsp3) is 0.632. The van der Waals surface area contributed by atoms with Crippen molar-refractivity contribution in [2.24, 2.45) is 17.8 Å². The molecule has 2 saturated carbocycles. The molecule has 1 aliphatic heterocycles. The van der Waals surface area contributed by atoms with Gasteiger partial charge in [-0.15, -0.1) is 0 Å². The normalized spacial score (nSPS) is 29.0. The fourth-order valence-electron chi connectivity index (χ4n) is 4.72. The number of carbonyl (C=O) groups excluding carboxylic acids is 1. The molecule has 1 saturated heterocycles. The van der Waals surface area contributed by atoms with Gasteiger partial charge in [-0.1, -0.05) is 6.42 Å². The van der Waals surface area contributed by atoms with Crippen molar-refractivity contribution in [3.8, 4) is 0 Å². The van der Waals surface area contributed by atoms with Crippen LogP contribution in [0.3, 0.4) is 0 Å². The van der Waals surface area contributed by atoms with Gasteiger partial charge in [0, 0.05) is 25.2 Å². The van der Waals surface area contributed by atoms with Crippen LogP contribution >= 0.6 is 0 Å². The molecule has 142 valence electrons. The lowest BCUT2D eigenvalue weighted by atomic mass is 9.86. The third-order valence-corrected chi connectivity index (χ3v) is 7.99. The van der Waals surface area contributed by atoms with Gasteiger partial charge in [0.05, 0.1) is 18.1 Å². The van der Waals surface area contributed by atoms with Gasteiger partial charge in [-0.05, 0) is 61.3 Å². The third kappa shape index (κ3) is 3.66. The SMILES string of the molecule is O=C(C[C@@H]1C[C@H]2CC[C@H]1C2)Nc1ccc(S(=O)(=O)N2CCOCC2)cc1. The summed E-state index contributed by atoms with van der Waals surface area (Å²) in [5, 5.41) is 2.92. The molecule has 3 atom stereocenters. The topological polar surface area (TPSA) is 75.7 Å². The highest BCUT2D eigenvalue weighted by Gasteiger charge is 2.40. The van der Waals surface area contributed by atoms with Crippen molar-refractivity contribution in [3.63, 3.8) is 0 Å². The summed E-state index contributed by atoms with van der Waals surface area (Å²) in [7, 11) is -3.49. The summed E-state index contributed by atoms with van der Waals surface area (Å²) in [5.41, 5.74) is 0.652. The van der Waals surface area contributed by atoms with E-state index in [9.17, 15) is 13.2 Å². The van der Waals surface area contributed by atoms with Gasteiger partial charge in [-0.2, -0.15) is 4.31 Å². The lowest BCUT2D eigenvalue weighted by Gasteiger charge is -2.26. The van der Waals surface area contributed by atoms with Crippen LogP contribution in [0.2, 0.25) is 0 Å². The Kier molecular flexibility index (Phi) is 5.03. The predicted molar refractivity (Wildman–Crippen MR) is 98.2 cm³/mol. The van der Waals surface area contributed by atoms with Gasteiger partial charge >= 0.3 is 0 Å². The molecule has 3 aliphatic rings. The molecular formula is C19H26N2O4S. The molecule has 0 spiro atoms. The van der Waals surface area contributed by atoms with E-state index in [0.29, 0.717) is 44.3 Å². The van der Waals surface area contributed by atoms with Crippen molar-refractivity contribution in [1.82, 2.24) is 4.31 Å². The van der Waals surface area contributed by atoms with Gasteiger partial charge in [0.15, 0.2) is 0 Å². The minimum absolute atomic E-state index is 0.0336. The molecule has 7 heteroatoms. The number of carbonyl (C=O) groups is 1. The minimum Gasteiger partial charge on any atom is -0.379 e. The number of morpholine rings is 1. The van der Waals surface area contributed by atoms with Crippen LogP contribution in [0.25, 0.3) is 0 Å². The molecule has 1 aromatic carbocycles. The monoisotopic (exact) mass is 378 g/mol.